The summed E-state index contributed by atoms with van der Waals surface area (Å²) in [6.45, 7) is 0.799. The Morgan fingerprint density at radius 3 is 2.58 bits per heavy atom. The van der Waals surface area contributed by atoms with E-state index in [1.54, 1.807) is 0 Å². The van der Waals surface area contributed by atoms with Crippen LogP contribution in [0.1, 0.15) is 24.8 Å². The van der Waals surface area contributed by atoms with Gasteiger partial charge in [0.15, 0.2) is 5.82 Å². The van der Waals surface area contributed by atoms with E-state index in [2.05, 4.69) is 0 Å². The maximum absolute atomic E-state index is 14.4. The summed E-state index contributed by atoms with van der Waals surface area (Å²) in [5.74, 6) is -1.41. The first-order valence-corrected chi connectivity index (χ1v) is 11.8. The maximum atomic E-state index is 14.4. The fraction of sp³-hybridized carbons (Fsp3) is 0.381. The van der Waals surface area contributed by atoms with Crippen LogP contribution in [0.5, 0.6) is 0 Å². The molecule has 166 valence electrons. The molecule has 1 amide bonds. The van der Waals surface area contributed by atoms with Gasteiger partial charge in [0.2, 0.25) is 15.9 Å². The normalized spacial score (nSPS) is 20.5. The van der Waals surface area contributed by atoms with Gasteiger partial charge in [0.25, 0.3) is 0 Å². The van der Waals surface area contributed by atoms with Gasteiger partial charge in [-0.05, 0) is 31.0 Å². The van der Waals surface area contributed by atoms with Crippen molar-refractivity contribution in [3.63, 3.8) is 0 Å². The van der Waals surface area contributed by atoms with E-state index in [1.165, 1.54) is 22.5 Å². The number of ether oxygens (including phenoxy) is 1. The Morgan fingerprint density at radius 2 is 1.87 bits per heavy atom. The van der Waals surface area contributed by atoms with Crippen molar-refractivity contribution in [2.45, 2.75) is 43.0 Å². The number of piperidine rings is 1. The second kappa shape index (κ2) is 8.74. The first kappa shape index (κ1) is 22.0. The van der Waals surface area contributed by atoms with Crippen molar-refractivity contribution in [2.75, 3.05) is 18.0 Å². The lowest BCUT2D eigenvalue weighted by Crippen LogP contribution is -2.53. The molecule has 1 atom stereocenters. The number of sulfonamides is 1. The molecule has 2 N–H and O–H groups in total. The Balaban J connectivity index is 1.56. The SMILES string of the molecule is NC(=O)CC1OCc2ccccc2N1C1CCN(S(=O)(=O)c2cccc(Cl)c2F)CC1. The minimum Gasteiger partial charge on any atom is -0.370 e. The fourth-order valence-electron chi connectivity index (χ4n) is 4.25. The molecular weight excluding hydrogens is 445 g/mol. The zero-order valence-electron chi connectivity index (χ0n) is 16.7. The average Bonchev–Trinajstić information content (AvgIpc) is 2.75. The van der Waals surface area contributed by atoms with Crippen LogP contribution in [0.4, 0.5) is 10.1 Å². The third-order valence-corrected chi connectivity index (χ3v) is 7.95. The van der Waals surface area contributed by atoms with Crippen LogP contribution in [-0.4, -0.2) is 44.0 Å². The van der Waals surface area contributed by atoms with E-state index in [0.717, 1.165) is 11.3 Å². The van der Waals surface area contributed by atoms with Crippen molar-refractivity contribution in [3.8, 4) is 0 Å². The van der Waals surface area contributed by atoms with Gasteiger partial charge in [0.1, 0.15) is 11.1 Å². The highest BCUT2D eigenvalue weighted by molar-refractivity contribution is 7.89. The summed E-state index contributed by atoms with van der Waals surface area (Å²) >= 11 is 5.77. The number of benzene rings is 2. The number of para-hydroxylation sites is 1. The molecule has 1 fully saturated rings. The monoisotopic (exact) mass is 467 g/mol. The summed E-state index contributed by atoms with van der Waals surface area (Å²) in [4.78, 5) is 13.2. The number of anilines is 1. The molecule has 2 heterocycles. The van der Waals surface area contributed by atoms with Crippen molar-refractivity contribution in [1.29, 1.82) is 0 Å². The van der Waals surface area contributed by atoms with Crippen LogP contribution in [0.25, 0.3) is 0 Å². The largest absolute Gasteiger partial charge is 0.370 e. The molecule has 7 nitrogen and oxygen atoms in total. The zero-order valence-corrected chi connectivity index (χ0v) is 18.3. The predicted octanol–water partition coefficient (Wildman–Crippen LogP) is 2.87. The minimum absolute atomic E-state index is 0.0422. The molecule has 4 rings (SSSR count). The minimum atomic E-state index is -4.01. The second-order valence-corrected chi connectivity index (χ2v) is 9.97. The number of fused-ring (bicyclic) bond motifs is 1. The van der Waals surface area contributed by atoms with Gasteiger partial charge in [-0.15, -0.1) is 0 Å². The lowest BCUT2D eigenvalue weighted by Gasteiger charge is -2.46. The van der Waals surface area contributed by atoms with Crippen molar-refractivity contribution < 1.29 is 22.3 Å². The van der Waals surface area contributed by atoms with Crippen LogP contribution in [0, 0.1) is 5.82 Å². The second-order valence-electron chi connectivity index (χ2n) is 7.66. The molecule has 0 saturated carbocycles. The molecule has 0 aliphatic carbocycles. The molecule has 0 spiro atoms. The summed E-state index contributed by atoms with van der Waals surface area (Å²) in [6.07, 6.45) is 0.523. The quantitative estimate of drug-likeness (QED) is 0.729. The van der Waals surface area contributed by atoms with E-state index in [0.29, 0.717) is 19.4 Å². The maximum Gasteiger partial charge on any atom is 0.246 e. The summed E-state index contributed by atoms with van der Waals surface area (Å²) in [6, 6.07) is 11.7. The van der Waals surface area contributed by atoms with E-state index in [9.17, 15) is 17.6 Å². The number of rotatable bonds is 5. The van der Waals surface area contributed by atoms with Gasteiger partial charge in [-0.25, -0.2) is 12.8 Å². The Hall–Kier alpha value is -2.20. The third kappa shape index (κ3) is 4.27. The molecule has 0 bridgehead atoms. The standard InChI is InChI=1S/C21H23ClFN3O4S/c22-16-5-3-7-18(21(16)23)31(28,29)25-10-8-15(9-11-25)26-17-6-2-1-4-14(17)13-30-20(26)12-19(24)27/h1-7,15,20H,8-13H2,(H2,24,27). The first-order chi connectivity index (χ1) is 14.8. The highest BCUT2D eigenvalue weighted by Gasteiger charge is 2.38. The van der Waals surface area contributed by atoms with E-state index in [1.807, 2.05) is 29.2 Å². The van der Waals surface area contributed by atoms with Gasteiger partial charge in [-0.2, -0.15) is 4.31 Å². The topological polar surface area (TPSA) is 92.9 Å². The Bertz CT molecular complexity index is 1090. The number of halogens is 2. The Morgan fingerprint density at radius 1 is 1.16 bits per heavy atom. The number of hydrogen-bond acceptors (Lipinski definition) is 5. The Labute approximate surface area is 185 Å². The van der Waals surface area contributed by atoms with Crippen LogP contribution in [0.2, 0.25) is 5.02 Å². The van der Waals surface area contributed by atoms with Crippen LogP contribution >= 0.6 is 11.6 Å². The van der Waals surface area contributed by atoms with Gasteiger partial charge in [-0.3, -0.25) is 4.79 Å². The van der Waals surface area contributed by atoms with Gasteiger partial charge in [0, 0.05) is 30.4 Å². The lowest BCUT2D eigenvalue weighted by molar-refractivity contribution is -0.121. The fourth-order valence-corrected chi connectivity index (χ4v) is 6.04. The molecule has 2 aromatic carbocycles. The van der Waals surface area contributed by atoms with Gasteiger partial charge in [-0.1, -0.05) is 35.9 Å². The number of carbonyl (C=O) groups excluding carboxylic acids is 1. The van der Waals surface area contributed by atoms with Gasteiger partial charge in [0.05, 0.1) is 18.1 Å². The summed E-state index contributed by atoms with van der Waals surface area (Å²) < 4.78 is 47.5. The molecule has 2 aliphatic heterocycles. The molecule has 2 aliphatic rings. The molecule has 0 radical (unpaired) electrons. The van der Waals surface area contributed by atoms with Gasteiger partial charge >= 0.3 is 0 Å². The molecular formula is C21H23ClFN3O4S. The number of nitrogens with two attached hydrogens (primary N) is 1. The summed E-state index contributed by atoms with van der Waals surface area (Å²) in [7, 11) is -4.01. The number of hydrogen-bond donors (Lipinski definition) is 1. The van der Waals surface area contributed by atoms with Crippen molar-refractivity contribution in [2.24, 2.45) is 5.73 Å². The number of carbonyl (C=O) groups is 1. The number of nitrogens with zero attached hydrogens (tertiary/aromatic N) is 2. The highest BCUT2D eigenvalue weighted by atomic mass is 35.5. The lowest BCUT2D eigenvalue weighted by atomic mass is 10.00. The molecule has 1 saturated heterocycles. The smallest absolute Gasteiger partial charge is 0.246 e. The summed E-state index contributed by atoms with van der Waals surface area (Å²) in [5, 5.41) is -0.229. The van der Waals surface area contributed by atoms with E-state index < -0.39 is 32.9 Å². The van der Waals surface area contributed by atoms with E-state index >= 15 is 0 Å². The van der Waals surface area contributed by atoms with Gasteiger partial charge < -0.3 is 15.4 Å². The van der Waals surface area contributed by atoms with Crippen LogP contribution in [0.15, 0.2) is 47.4 Å². The zero-order chi connectivity index (χ0) is 22.2. The average molecular weight is 468 g/mol. The number of primary amides is 1. The van der Waals surface area contributed by atoms with Crippen molar-refractivity contribution in [1.82, 2.24) is 4.31 Å². The highest BCUT2D eigenvalue weighted by Crippen LogP contribution is 2.36. The van der Waals surface area contributed by atoms with Crippen LogP contribution < -0.4 is 10.6 Å². The van der Waals surface area contributed by atoms with Crippen molar-refractivity contribution in [3.05, 3.63) is 58.9 Å². The molecule has 31 heavy (non-hydrogen) atoms. The first-order valence-electron chi connectivity index (χ1n) is 9.99. The van der Waals surface area contributed by atoms with Crippen LogP contribution in [0.3, 0.4) is 0 Å². The number of amides is 1. The molecule has 10 heteroatoms. The molecule has 1 unspecified atom stereocenters. The third-order valence-electron chi connectivity index (χ3n) is 5.74. The van der Waals surface area contributed by atoms with Crippen molar-refractivity contribution >= 4 is 33.2 Å². The van der Waals surface area contributed by atoms with E-state index in [-0.39, 0.29) is 30.6 Å². The van der Waals surface area contributed by atoms with Crippen LogP contribution in [-0.2, 0) is 26.2 Å². The molecule has 0 aromatic heterocycles. The summed E-state index contributed by atoms with van der Waals surface area (Å²) in [5.41, 5.74) is 7.39. The Kier molecular flexibility index (Phi) is 6.20. The molecule has 2 aromatic rings. The van der Waals surface area contributed by atoms with E-state index in [4.69, 9.17) is 22.1 Å². The predicted molar refractivity (Wildman–Crippen MR) is 115 cm³/mol.